The van der Waals surface area contributed by atoms with Gasteiger partial charge in [-0.15, -0.1) is 0 Å². The van der Waals surface area contributed by atoms with E-state index in [1.165, 1.54) is 13.2 Å². The van der Waals surface area contributed by atoms with Crippen molar-refractivity contribution in [3.63, 3.8) is 0 Å². The molecule has 2 nitrogen and oxygen atoms in total. The molecule has 0 heterocycles. The molecule has 0 bridgehead atoms. The Morgan fingerprint density at radius 1 is 1.20 bits per heavy atom. The number of halogens is 2. The molecule has 0 aliphatic carbocycles. The number of rotatable bonds is 3. The minimum atomic E-state index is -0.502. The van der Waals surface area contributed by atoms with Crippen molar-refractivity contribution in [2.24, 2.45) is 0 Å². The molecule has 0 atom stereocenters. The molecular weight excluding hydrogens is 323 g/mol. The second-order valence-corrected chi connectivity index (χ2v) is 5.53. The molecule has 0 unspecified atom stereocenters. The fraction of sp³-hybridized carbons (Fsp3) is 0.188. The van der Waals surface area contributed by atoms with Gasteiger partial charge in [-0.25, -0.2) is 4.39 Å². The molecule has 2 aromatic rings. The van der Waals surface area contributed by atoms with Crippen LogP contribution in [0.25, 0.3) is 0 Å². The van der Waals surface area contributed by atoms with Gasteiger partial charge in [-0.3, -0.25) is 4.79 Å². The first kappa shape index (κ1) is 14.7. The summed E-state index contributed by atoms with van der Waals surface area (Å²) in [5, 5.41) is 0. The highest BCUT2D eigenvalue weighted by molar-refractivity contribution is 9.10. The third-order valence-electron chi connectivity index (χ3n) is 3.07. The minimum Gasteiger partial charge on any atom is -0.496 e. The topological polar surface area (TPSA) is 26.3 Å². The standard InChI is InChI=1S/C16H14BrFO2/c1-9-6-10(2)15(13(18)7-9)16(19)12-5-4-11(17)8-14(12)20-3/h4-8H,1-3H3. The van der Waals surface area contributed by atoms with E-state index in [1.54, 1.807) is 38.1 Å². The molecule has 0 aliphatic rings. The van der Waals surface area contributed by atoms with E-state index in [9.17, 15) is 9.18 Å². The van der Waals surface area contributed by atoms with E-state index in [-0.39, 0.29) is 11.3 Å². The Kier molecular flexibility index (Phi) is 4.23. The smallest absolute Gasteiger partial charge is 0.199 e. The second-order valence-electron chi connectivity index (χ2n) is 4.61. The summed E-state index contributed by atoms with van der Waals surface area (Å²) < 4.78 is 20.1. The predicted molar refractivity (Wildman–Crippen MR) is 80.0 cm³/mol. The normalized spacial score (nSPS) is 10.4. The maximum atomic E-state index is 14.1. The van der Waals surface area contributed by atoms with Crippen molar-refractivity contribution in [1.82, 2.24) is 0 Å². The highest BCUT2D eigenvalue weighted by Gasteiger charge is 2.20. The van der Waals surface area contributed by atoms with E-state index in [0.717, 1.165) is 10.0 Å². The van der Waals surface area contributed by atoms with Crippen molar-refractivity contribution in [2.75, 3.05) is 7.11 Å². The van der Waals surface area contributed by atoms with Crippen LogP contribution >= 0.6 is 15.9 Å². The summed E-state index contributed by atoms with van der Waals surface area (Å²) in [4.78, 5) is 12.6. The van der Waals surface area contributed by atoms with Crippen LogP contribution in [0.1, 0.15) is 27.0 Å². The Morgan fingerprint density at radius 3 is 2.50 bits per heavy atom. The first-order valence-corrected chi connectivity index (χ1v) is 6.88. The zero-order valence-corrected chi connectivity index (χ0v) is 13.0. The lowest BCUT2D eigenvalue weighted by Gasteiger charge is -2.11. The number of carbonyl (C=O) groups excluding carboxylic acids is 1. The van der Waals surface area contributed by atoms with Crippen LogP contribution in [0, 0.1) is 19.7 Å². The van der Waals surface area contributed by atoms with Crippen molar-refractivity contribution >= 4 is 21.7 Å². The summed E-state index contributed by atoms with van der Waals surface area (Å²) in [5.74, 6) is -0.453. The Balaban J connectivity index is 2.58. The van der Waals surface area contributed by atoms with Crippen LogP contribution in [0.5, 0.6) is 5.75 Å². The molecule has 4 heteroatoms. The average molecular weight is 337 g/mol. The molecule has 2 aromatic carbocycles. The molecule has 0 spiro atoms. The summed E-state index contributed by atoms with van der Waals surface area (Å²) in [6.07, 6.45) is 0. The third kappa shape index (κ3) is 2.75. The van der Waals surface area contributed by atoms with Gasteiger partial charge in [0.15, 0.2) is 5.78 Å². The third-order valence-corrected chi connectivity index (χ3v) is 3.56. The van der Waals surface area contributed by atoms with Gasteiger partial charge in [0.25, 0.3) is 0 Å². The molecule has 20 heavy (non-hydrogen) atoms. The lowest BCUT2D eigenvalue weighted by molar-refractivity contribution is 0.103. The summed E-state index contributed by atoms with van der Waals surface area (Å²) >= 11 is 3.32. The molecule has 0 aliphatic heterocycles. The molecular formula is C16H14BrFO2. The number of aryl methyl sites for hydroxylation is 2. The van der Waals surface area contributed by atoms with Gasteiger partial charge in [-0.2, -0.15) is 0 Å². The minimum absolute atomic E-state index is 0.0937. The van der Waals surface area contributed by atoms with E-state index in [2.05, 4.69) is 15.9 Å². The van der Waals surface area contributed by atoms with Crippen LogP contribution in [0.15, 0.2) is 34.8 Å². The zero-order valence-electron chi connectivity index (χ0n) is 11.5. The molecule has 104 valence electrons. The van der Waals surface area contributed by atoms with E-state index >= 15 is 0 Å². The number of benzene rings is 2. The molecule has 0 N–H and O–H groups in total. The van der Waals surface area contributed by atoms with E-state index in [4.69, 9.17) is 4.74 Å². The van der Waals surface area contributed by atoms with Crippen LogP contribution in [-0.2, 0) is 0 Å². The number of methoxy groups -OCH3 is 1. The molecule has 0 fully saturated rings. The SMILES string of the molecule is COc1cc(Br)ccc1C(=O)c1c(C)cc(C)cc1F. The Morgan fingerprint density at radius 2 is 1.90 bits per heavy atom. The van der Waals surface area contributed by atoms with Crippen molar-refractivity contribution in [2.45, 2.75) is 13.8 Å². The van der Waals surface area contributed by atoms with Crippen molar-refractivity contribution in [1.29, 1.82) is 0 Å². The largest absolute Gasteiger partial charge is 0.496 e. The Bertz CT molecular complexity index is 657. The van der Waals surface area contributed by atoms with Crippen LogP contribution in [0.4, 0.5) is 4.39 Å². The number of hydrogen-bond acceptors (Lipinski definition) is 2. The number of ether oxygens (including phenoxy) is 1. The summed E-state index contributed by atoms with van der Waals surface area (Å²) in [6, 6.07) is 8.21. The van der Waals surface area contributed by atoms with Crippen LogP contribution in [-0.4, -0.2) is 12.9 Å². The maximum absolute atomic E-state index is 14.1. The molecule has 0 aromatic heterocycles. The quantitative estimate of drug-likeness (QED) is 0.774. The van der Waals surface area contributed by atoms with E-state index < -0.39 is 5.82 Å². The highest BCUT2D eigenvalue weighted by atomic mass is 79.9. The lowest BCUT2D eigenvalue weighted by Crippen LogP contribution is -2.09. The Labute approximate surface area is 125 Å². The van der Waals surface area contributed by atoms with Gasteiger partial charge in [0, 0.05) is 4.47 Å². The molecule has 2 rings (SSSR count). The van der Waals surface area contributed by atoms with Gasteiger partial charge >= 0.3 is 0 Å². The first-order chi connectivity index (χ1) is 9.43. The van der Waals surface area contributed by atoms with Gasteiger partial charge in [0.05, 0.1) is 18.2 Å². The van der Waals surface area contributed by atoms with E-state index in [1.807, 2.05) is 0 Å². The Hall–Kier alpha value is -1.68. The predicted octanol–water partition coefficient (Wildman–Crippen LogP) is 4.44. The summed E-state index contributed by atoms with van der Waals surface area (Å²) in [7, 11) is 1.48. The van der Waals surface area contributed by atoms with E-state index in [0.29, 0.717) is 16.9 Å². The van der Waals surface area contributed by atoms with Crippen LogP contribution < -0.4 is 4.74 Å². The summed E-state index contributed by atoms with van der Waals surface area (Å²) in [5.41, 5.74) is 1.86. The zero-order chi connectivity index (χ0) is 14.9. The van der Waals surface area contributed by atoms with Gasteiger partial charge in [0.2, 0.25) is 0 Å². The monoisotopic (exact) mass is 336 g/mol. The highest BCUT2D eigenvalue weighted by Crippen LogP contribution is 2.28. The molecule has 0 saturated carbocycles. The van der Waals surface area contributed by atoms with Gasteiger partial charge in [0.1, 0.15) is 11.6 Å². The number of ketones is 1. The van der Waals surface area contributed by atoms with Gasteiger partial charge in [-0.05, 0) is 49.2 Å². The van der Waals surface area contributed by atoms with Crippen molar-refractivity contribution < 1.29 is 13.9 Å². The fourth-order valence-electron chi connectivity index (χ4n) is 2.19. The number of carbonyl (C=O) groups is 1. The van der Waals surface area contributed by atoms with Crippen molar-refractivity contribution in [3.8, 4) is 5.75 Å². The second kappa shape index (κ2) is 5.75. The van der Waals surface area contributed by atoms with Crippen molar-refractivity contribution in [3.05, 3.63) is 62.9 Å². The fourth-order valence-corrected chi connectivity index (χ4v) is 2.53. The molecule has 0 radical (unpaired) electrons. The molecule has 0 amide bonds. The first-order valence-electron chi connectivity index (χ1n) is 6.09. The van der Waals surface area contributed by atoms with Crippen LogP contribution in [0.2, 0.25) is 0 Å². The maximum Gasteiger partial charge on any atom is 0.199 e. The lowest BCUT2D eigenvalue weighted by atomic mass is 9.96. The van der Waals surface area contributed by atoms with Crippen LogP contribution in [0.3, 0.4) is 0 Å². The van der Waals surface area contributed by atoms with Gasteiger partial charge in [-0.1, -0.05) is 22.0 Å². The summed E-state index contributed by atoms with van der Waals surface area (Å²) in [6.45, 7) is 3.53. The van der Waals surface area contributed by atoms with Gasteiger partial charge < -0.3 is 4.74 Å². The number of hydrogen-bond donors (Lipinski definition) is 0. The average Bonchev–Trinajstić information content (AvgIpc) is 2.37. The molecule has 0 saturated heterocycles.